The third kappa shape index (κ3) is 2.27. The van der Waals surface area contributed by atoms with E-state index in [-0.39, 0.29) is 12.6 Å². The fourth-order valence-corrected chi connectivity index (χ4v) is 1.82. The largest absolute Gasteiger partial charge is 0.329 e. The summed E-state index contributed by atoms with van der Waals surface area (Å²) in [6.07, 6.45) is 0. The van der Waals surface area contributed by atoms with Crippen molar-refractivity contribution in [2.75, 3.05) is 6.54 Å². The van der Waals surface area contributed by atoms with Gasteiger partial charge in [-0.1, -0.05) is 34.8 Å². The van der Waals surface area contributed by atoms with Crippen LogP contribution in [-0.2, 0) is 0 Å². The maximum atomic E-state index is 5.92. The number of hydrogen-bond acceptors (Lipinski definition) is 2. The van der Waals surface area contributed by atoms with Crippen molar-refractivity contribution in [1.29, 1.82) is 0 Å². The summed E-state index contributed by atoms with van der Waals surface area (Å²) >= 11 is 17.6. The minimum atomic E-state index is -0.376. The van der Waals surface area contributed by atoms with Gasteiger partial charge in [-0.05, 0) is 12.1 Å². The molecule has 1 rings (SSSR count). The van der Waals surface area contributed by atoms with Gasteiger partial charge in [0.2, 0.25) is 0 Å². The van der Waals surface area contributed by atoms with Crippen molar-refractivity contribution in [1.82, 2.24) is 0 Å². The minimum Gasteiger partial charge on any atom is -0.329 e. The molecule has 0 bridgehead atoms. The van der Waals surface area contributed by atoms with Crippen LogP contribution in [0.1, 0.15) is 11.6 Å². The van der Waals surface area contributed by atoms with Crippen molar-refractivity contribution in [3.05, 3.63) is 32.8 Å². The highest BCUT2D eigenvalue weighted by molar-refractivity contribution is 6.44. The summed E-state index contributed by atoms with van der Waals surface area (Å²) in [4.78, 5) is 0. The molecule has 13 heavy (non-hydrogen) atoms. The molecule has 1 aromatic carbocycles. The van der Waals surface area contributed by atoms with Gasteiger partial charge in [0, 0.05) is 23.2 Å². The fourth-order valence-electron chi connectivity index (χ4n) is 1.00. The molecule has 1 atom stereocenters. The highest BCUT2D eigenvalue weighted by Gasteiger charge is 2.14. The predicted molar refractivity (Wildman–Crippen MR) is 57.5 cm³/mol. The van der Waals surface area contributed by atoms with Gasteiger partial charge >= 0.3 is 0 Å². The van der Waals surface area contributed by atoms with Gasteiger partial charge in [-0.2, -0.15) is 0 Å². The van der Waals surface area contributed by atoms with Gasteiger partial charge in [-0.25, -0.2) is 0 Å². The molecule has 0 amide bonds. The van der Waals surface area contributed by atoms with E-state index in [1.807, 2.05) is 0 Å². The molecule has 72 valence electrons. The topological polar surface area (TPSA) is 52.0 Å². The van der Waals surface area contributed by atoms with Gasteiger partial charge in [0.05, 0.1) is 10.0 Å². The first-order valence-electron chi connectivity index (χ1n) is 3.67. The van der Waals surface area contributed by atoms with Crippen LogP contribution in [0.5, 0.6) is 0 Å². The highest BCUT2D eigenvalue weighted by atomic mass is 35.5. The third-order valence-electron chi connectivity index (χ3n) is 1.70. The zero-order chi connectivity index (χ0) is 10.0. The van der Waals surface area contributed by atoms with Crippen molar-refractivity contribution < 1.29 is 0 Å². The van der Waals surface area contributed by atoms with E-state index in [4.69, 9.17) is 46.3 Å². The Hall–Kier alpha value is 0.01000. The lowest BCUT2D eigenvalue weighted by molar-refractivity contribution is 0.737. The highest BCUT2D eigenvalue weighted by Crippen LogP contribution is 2.34. The number of rotatable bonds is 2. The van der Waals surface area contributed by atoms with Crippen molar-refractivity contribution >= 4 is 34.8 Å². The van der Waals surface area contributed by atoms with Crippen molar-refractivity contribution in [2.24, 2.45) is 11.5 Å². The summed E-state index contributed by atoms with van der Waals surface area (Å²) in [5.74, 6) is 0. The Labute approximate surface area is 91.8 Å². The summed E-state index contributed by atoms with van der Waals surface area (Å²) in [5.41, 5.74) is 11.7. The Morgan fingerprint density at radius 3 is 2.23 bits per heavy atom. The molecular weight excluding hydrogens is 230 g/mol. The average molecular weight is 240 g/mol. The molecule has 1 aromatic rings. The molecule has 0 aliphatic heterocycles. The fraction of sp³-hybridized carbons (Fsp3) is 0.250. The molecule has 2 nitrogen and oxygen atoms in total. The molecule has 5 heteroatoms. The molecule has 0 saturated carbocycles. The van der Waals surface area contributed by atoms with E-state index < -0.39 is 0 Å². The Kier molecular flexibility index (Phi) is 3.83. The van der Waals surface area contributed by atoms with Crippen LogP contribution in [0.15, 0.2) is 12.1 Å². The first kappa shape index (κ1) is 11.1. The zero-order valence-corrected chi connectivity index (χ0v) is 9.00. The van der Waals surface area contributed by atoms with Crippen molar-refractivity contribution in [3.63, 3.8) is 0 Å². The Morgan fingerprint density at radius 1 is 1.15 bits per heavy atom. The molecule has 0 radical (unpaired) electrons. The lowest BCUT2D eigenvalue weighted by Crippen LogP contribution is -2.21. The number of nitrogens with two attached hydrogens (primary N) is 2. The number of hydrogen-bond donors (Lipinski definition) is 2. The summed E-state index contributed by atoms with van der Waals surface area (Å²) < 4.78 is 0. The van der Waals surface area contributed by atoms with Crippen LogP contribution in [0, 0.1) is 0 Å². The van der Waals surface area contributed by atoms with Crippen LogP contribution in [-0.4, -0.2) is 6.54 Å². The summed E-state index contributed by atoms with van der Waals surface area (Å²) in [5, 5.41) is 1.31. The summed E-state index contributed by atoms with van der Waals surface area (Å²) in [6.45, 7) is 0.278. The average Bonchev–Trinajstić information content (AvgIpc) is 2.12. The van der Waals surface area contributed by atoms with Gasteiger partial charge in [-0.15, -0.1) is 0 Å². The van der Waals surface area contributed by atoms with E-state index >= 15 is 0 Å². The van der Waals surface area contributed by atoms with E-state index in [0.717, 1.165) is 0 Å². The molecule has 0 fully saturated rings. The van der Waals surface area contributed by atoms with Crippen LogP contribution < -0.4 is 11.5 Å². The maximum absolute atomic E-state index is 5.92. The first-order chi connectivity index (χ1) is 6.07. The molecule has 0 aliphatic carbocycles. The van der Waals surface area contributed by atoms with Gasteiger partial charge in [0.15, 0.2) is 0 Å². The van der Waals surface area contributed by atoms with Crippen molar-refractivity contribution in [2.45, 2.75) is 6.04 Å². The number of benzene rings is 1. The van der Waals surface area contributed by atoms with E-state index in [9.17, 15) is 0 Å². The van der Waals surface area contributed by atoms with Crippen LogP contribution in [0.3, 0.4) is 0 Å². The Bertz CT molecular complexity index is 315. The van der Waals surface area contributed by atoms with Gasteiger partial charge in [-0.3, -0.25) is 0 Å². The number of halogens is 3. The first-order valence-corrected chi connectivity index (χ1v) is 4.80. The van der Waals surface area contributed by atoms with Crippen molar-refractivity contribution in [3.8, 4) is 0 Å². The van der Waals surface area contributed by atoms with Crippen LogP contribution in [0.2, 0.25) is 15.1 Å². The molecule has 0 aliphatic rings. The van der Waals surface area contributed by atoms with Crippen LogP contribution in [0.4, 0.5) is 0 Å². The summed E-state index contributed by atoms with van der Waals surface area (Å²) in [6, 6.07) is 2.90. The van der Waals surface area contributed by atoms with Crippen LogP contribution in [0.25, 0.3) is 0 Å². The second kappa shape index (κ2) is 4.49. The SMILES string of the molecule is NC[C@@H](N)c1c(Cl)ccc(Cl)c1Cl. The minimum absolute atomic E-state index is 0.278. The van der Waals surface area contributed by atoms with Crippen LogP contribution >= 0.6 is 34.8 Å². The molecule has 0 heterocycles. The lowest BCUT2D eigenvalue weighted by Gasteiger charge is -2.13. The monoisotopic (exact) mass is 238 g/mol. The molecule has 4 N–H and O–H groups in total. The van der Waals surface area contributed by atoms with Gasteiger partial charge in [0.1, 0.15) is 0 Å². The predicted octanol–water partition coefficient (Wildman–Crippen LogP) is 2.61. The Morgan fingerprint density at radius 2 is 1.69 bits per heavy atom. The summed E-state index contributed by atoms with van der Waals surface area (Å²) in [7, 11) is 0. The van der Waals surface area contributed by atoms with E-state index in [1.54, 1.807) is 12.1 Å². The maximum Gasteiger partial charge on any atom is 0.0655 e. The smallest absolute Gasteiger partial charge is 0.0655 e. The standard InChI is InChI=1S/C8H9Cl3N2/c9-4-1-2-5(10)8(11)7(4)6(13)3-12/h1-2,6H,3,12-13H2/t6-/m1/s1. The Balaban J connectivity index is 3.25. The zero-order valence-electron chi connectivity index (χ0n) is 6.73. The van der Waals surface area contributed by atoms with Gasteiger partial charge < -0.3 is 11.5 Å². The molecule has 0 spiro atoms. The quantitative estimate of drug-likeness (QED) is 0.780. The molecular formula is C8H9Cl3N2. The molecule has 0 unspecified atom stereocenters. The van der Waals surface area contributed by atoms with Gasteiger partial charge in [0.25, 0.3) is 0 Å². The molecule has 0 saturated heterocycles. The lowest BCUT2D eigenvalue weighted by atomic mass is 10.1. The molecule has 0 aromatic heterocycles. The second-order valence-corrected chi connectivity index (χ2v) is 3.79. The van der Waals surface area contributed by atoms with E-state index in [2.05, 4.69) is 0 Å². The second-order valence-electron chi connectivity index (χ2n) is 2.60. The third-order valence-corrected chi connectivity index (χ3v) is 2.85. The van der Waals surface area contributed by atoms with E-state index in [0.29, 0.717) is 20.6 Å². The van der Waals surface area contributed by atoms with E-state index in [1.165, 1.54) is 0 Å². The normalized spacial score (nSPS) is 13.0.